The van der Waals surface area contributed by atoms with Crippen LogP contribution in [0, 0.1) is 3.57 Å². The molecular weight excluding hydrogens is 347 g/mol. The molecule has 6 heteroatoms. The Balaban J connectivity index is 2.56. The monoisotopic (exact) mass is 362 g/mol. The fourth-order valence-electron chi connectivity index (χ4n) is 1.37. The molecule has 98 valence electrons. The van der Waals surface area contributed by atoms with Crippen molar-refractivity contribution in [2.75, 3.05) is 18.4 Å². The van der Waals surface area contributed by atoms with Crippen molar-refractivity contribution in [3.63, 3.8) is 0 Å². The van der Waals surface area contributed by atoms with E-state index < -0.39 is 5.97 Å². The zero-order chi connectivity index (χ0) is 13.5. The number of carbonyl (C=O) groups is 2. The van der Waals surface area contributed by atoms with E-state index in [0.29, 0.717) is 12.2 Å². The van der Waals surface area contributed by atoms with Gasteiger partial charge in [0.25, 0.3) is 0 Å². The van der Waals surface area contributed by atoms with Crippen molar-refractivity contribution in [2.24, 2.45) is 0 Å². The summed E-state index contributed by atoms with van der Waals surface area (Å²) in [4.78, 5) is 23.8. The maximum absolute atomic E-state index is 11.9. The number of carboxylic acids is 1. The van der Waals surface area contributed by atoms with Gasteiger partial charge in [-0.05, 0) is 53.8 Å². The molecule has 2 amide bonds. The number of amides is 2. The largest absolute Gasteiger partial charge is 0.481 e. The molecule has 0 aliphatic heterocycles. The SMILES string of the molecule is CCN(CCC(=O)O)C(=O)Nc1ccc(I)cc1. The van der Waals surface area contributed by atoms with E-state index in [1.54, 1.807) is 0 Å². The number of carboxylic acid groups (broad SMARTS) is 1. The lowest BCUT2D eigenvalue weighted by Gasteiger charge is -2.20. The van der Waals surface area contributed by atoms with Crippen LogP contribution in [0.25, 0.3) is 0 Å². The Morgan fingerprint density at radius 3 is 2.44 bits per heavy atom. The maximum atomic E-state index is 11.9. The third kappa shape index (κ3) is 4.91. The molecule has 0 saturated carbocycles. The van der Waals surface area contributed by atoms with E-state index in [4.69, 9.17) is 5.11 Å². The number of aliphatic carboxylic acids is 1. The number of benzene rings is 1. The van der Waals surface area contributed by atoms with Gasteiger partial charge in [-0.15, -0.1) is 0 Å². The molecule has 18 heavy (non-hydrogen) atoms. The molecule has 0 fully saturated rings. The second kappa shape index (κ2) is 7.20. The first-order valence-electron chi connectivity index (χ1n) is 5.56. The fraction of sp³-hybridized carbons (Fsp3) is 0.333. The number of hydrogen-bond acceptors (Lipinski definition) is 2. The van der Waals surface area contributed by atoms with Gasteiger partial charge in [-0.2, -0.15) is 0 Å². The first kappa shape index (κ1) is 14.7. The van der Waals surface area contributed by atoms with Gasteiger partial charge < -0.3 is 15.3 Å². The minimum absolute atomic E-state index is 0.0477. The van der Waals surface area contributed by atoms with Crippen molar-refractivity contribution in [1.29, 1.82) is 0 Å². The van der Waals surface area contributed by atoms with Crippen molar-refractivity contribution in [3.05, 3.63) is 27.8 Å². The van der Waals surface area contributed by atoms with E-state index in [0.717, 1.165) is 3.57 Å². The van der Waals surface area contributed by atoms with Gasteiger partial charge in [0.2, 0.25) is 0 Å². The van der Waals surface area contributed by atoms with Crippen LogP contribution in [0.2, 0.25) is 0 Å². The third-order valence-electron chi connectivity index (χ3n) is 2.36. The molecule has 0 aromatic heterocycles. The molecule has 0 aliphatic rings. The Hall–Kier alpha value is -1.31. The summed E-state index contributed by atoms with van der Waals surface area (Å²) in [6, 6.07) is 7.13. The number of urea groups is 1. The van der Waals surface area contributed by atoms with Gasteiger partial charge in [0, 0.05) is 22.3 Å². The van der Waals surface area contributed by atoms with Crippen molar-refractivity contribution in [2.45, 2.75) is 13.3 Å². The minimum Gasteiger partial charge on any atom is -0.481 e. The molecule has 0 unspecified atom stereocenters. The summed E-state index contributed by atoms with van der Waals surface area (Å²) in [6.45, 7) is 2.50. The van der Waals surface area contributed by atoms with E-state index in [1.165, 1.54) is 4.90 Å². The van der Waals surface area contributed by atoms with Crippen molar-refractivity contribution >= 4 is 40.3 Å². The van der Waals surface area contributed by atoms with E-state index in [-0.39, 0.29) is 19.0 Å². The topological polar surface area (TPSA) is 69.6 Å². The Labute approximate surface area is 119 Å². The molecule has 0 atom stereocenters. The highest BCUT2D eigenvalue weighted by molar-refractivity contribution is 14.1. The smallest absolute Gasteiger partial charge is 0.321 e. The zero-order valence-electron chi connectivity index (χ0n) is 10.0. The highest BCUT2D eigenvalue weighted by Crippen LogP contribution is 2.11. The number of nitrogens with one attached hydrogen (secondary N) is 1. The normalized spacial score (nSPS) is 9.89. The number of hydrogen-bond donors (Lipinski definition) is 2. The second-order valence-electron chi connectivity index (χ2n) is 3.66. The summed E-state index contributed by atoms with van der Waals surface area (Å²) < 4.78 is 1.09. The lowest BCUT2D eigenvalue weighted by atomic mass is 10.3. The molecule has 0 bridgehead atoms. The summed E-state index contributed by atoms with van der Waals surface area (Å²) in [6.07, 6.45) is -0.0477. The third-order valence-corrected chi connectivity index (χ3v) is 3.08. The van der Waals surface area contributed by atoms with Crippen LogP contribution in [0.5, 0.6) is 0 Å². The van der Waals surface area contributed by atoms with Crippen molar-refractivity contribution in [3.8, 4) is 0 Å². The predicted molar refractivity (Wildman–Crippen MR) is 77.7 cm³/mol. The van der Waals surface area contributed by atoms with Gasteiger partial charge >= 0.3 is 12.0 Å². The Kier molecular flexibility index (Phi) is 5.90. The lowest BCUT2D eigenvalue weighted by molar-refractivity contribution is -0.137. The van der Waals surface area contributed by atoms with Crippen LogP contribution in [0.4, 0.5) is 10.5 Å². The van der Waals surface area contributed by atoms with Gasteiger partial charge in [0.15, 0.2) is 0 Å². The number of nitrogens with zero attached hydrogens (tertiary/aromatic N) is 1. The lowest BCUT2D eigenvalue weighted by Crippen LogP contribution is -2.36. The predicted octanol–water partition coefficient (Wildman–Crippen LogP) is 2.62. The number of carbonyl (C=O) groups excluding carboxylic acids is 1. The highest BCUT2D eigenvalue weighted by atomic mass is 127. The van der Waals surface area contributed by atoms with E-state index >= 15 is 0 Å². The molecular formula is C12H15IN2O3. The molecule has 0 radical (unpaired) electrons. The van der Waals surface area contributed by atoms with Crippen LogP contribution >= 0.6 is 22.6 Å². The molecule has 1 aromatic carbocycles. The van der Waals surface area contributed by atoms with Gasteiger partial charge in [-0.1, -0.05) is 0 Å². The van der Waals surface area contributed by atoms with Gasteiger partial charge in [0.1, 0.15) is 0 Å². The fourth-order valence-corrected chi connectivity index (χ4v) is 1.73. The molecule has 1 aromatic rings. The quantitative estimate of drug-likeness (QED) is 0.792. The van der Waals surface area contributed by atoms with Crippen LogP contribution in [0.15, 0.2) is 24.3 Å². The summed E-state index contributed by atoms with van der Waals surface area (Å²) in [5.41, 5.74) is 0.703. The molecule has 0 heterocycles. The Bertz CT molecular complexity index is 420. The van der Waals surface area contributed by atoms with Gasteiger partial charge in [0.05, 0.1) is 6.42 Å². The van der Waals surface area contributed by atoms with Gasteiger partial charge in [-0.25, -0.2) is 4.79 Å². The van der Waals surface area contributed by atoms with Crippen molar-refractivity contribution < 1.29 is 14.7 Å². The minimum atomic E-state index is -0.907. The Morgan fingerprint density at radius 1 is 1.33 bits per heavy atom. The highest BCUT2D eigenvalue weighted by Gasteiger charge is 2.12. The number of halogens is 1. The first-order valence-corrected chi connectivity index (χ1v) is 6.64. The van der Waals surface area contributed by atoms with Crippen LogP contribution in [0.1, 0.15) is 13.3 Å². The van der Waals surface area contributed by atoms with Crippen LogP contribution < -0.4 is 5.32 Å². The van der Waals surface area contributed by atoms with Gasteiger partial charge in [-0.3, -0.25) is 4.79 Å². The number of anilines is 1. The van der Waals surface area contributed by atoms with Crippen molar-refractivity contribution in [1.82, 2.24) is 4.90 Å². The molecule has 0 spiro atoms. The maximum Gasteiger partial charge on any atom is 0.321 e. The number of rotatable bonds is 5. The average Bonchev–Trinajstić information content (AvgIpc) is 2.32. The summed E-state index contributed by atoms with van der Waals surface area (Å²) >= 11 is 2.18. The van der Waals surface area contributed by atoms with Crippen LogP contribution in [-0.2, 0) is 4.79 Å². The first-order chi connectivity index (χ1) is 8.52. The van der Waals surface area contributed by atoms with Crippen LogP contribution in [0.3, 0.4) is 0 Å². The molecule has 5 nitrogen and oxygen atoms in total. The van der Waals surface area contributed by atoms with Crippen LogP contribution in [-0.4, -0.2) is 35.1 Å². The molecule has 1 rings (SSSR count). The zero-order valence-corrected chi connectivity index (χ0v) is 12.2. The van der Waals surface area contributed by atoms with E-state index in [2.05, 4.69) is 27.9 Å². The summed E-state index contributed by atoms with van der Waals surface area (Å²) in [7, 11) is 0. The average molecular weight is 362 g/mol. The summed E-state index contributed by atoms with van der Waals surface area (Å²) in [5.74, 6) is -0.907. The molecule has 0 saturated heterocycles. The second-order valence-corrected chi connectivity index (χ2v) is 4.91. The summed E-state index contributed by atoms with van der Waals surface area (Å²) in [5, 5.41) is 11.3. The standard InChI is InChI=1S/C12H15IN2O3/c1-2-15(8-7-11(16)17)12(18)14-10-5-3-9(13)4-6-10/h3-6H,2,7-8H2,1H3,(H,14,18)(H,16,17). The molecule has 2 N–H and O–H groups in total. The van der Waals surface area contributed by atoms with E-state index in [9.17, 15) is 9.59 Å². The molecule has 0 aliphatic carbocycles. The van der Waals surface area contributed by atoms with E-state index in [1.807, 2.05) is 31.2 Å². The Morgan fingerprint density at radius 2 is 1.94 bits per heavy atom.